The SMILES string of the molecule is Nn1c(N/N=C/c2ccccc2OCc2cccc(Br)c2)nnc1SCC(=O)Nc1c(F)cccc1F. The summed E-state index contributed by atoms with van der Waals surface area (Å²) in [4.78, 5) is 12.1. The van der Waals surface area contributed by atoms with E-state index in [1.54, 1.807) is 6.21 Å². The molecule has 0 saturated carbocycles. The predicted octanol–water partition coefficient (Wildman–Crippen LogP) is 4.79. The Hall–Kier alpha value is -3.97. The van der Waals surface area contributed by atoms with E-state index in [0.717, 1.165) is 44.2 Å². The maximum atomic E-state index is 13.7. The van der Waals surface area contributed by atoms with E-state index in [1.165, 1.54) is 6.07 Å². The number of nitrogens with zero attached hydrogens (tertiary/aromatic N) is 4. The quantitative estimate of drug-likeness (QED) is 0.106. The minimum Gasteiger partial charge on any atom is -0.488 e. The number of carbonyl (C=O) groups is 1. The van der Waals surface area contributed by atoms with Gasteiger partial charge in [0.25, 0.3) is 5.95 Å². The number of nitrogen functional groups attached to an aromatic ring is 1. The second-order valence-electron chi connectivity index (χ2n) is 7.44. The van der Waals surface area contributed by atoms with Crippen molar-refractivity contribution in [1.29, 1.82) is 0 Å². The van der Waals surface area contributed by atoms with E-state index in [9.17, 15) is 13.6 Å². The Bertz CT molecular complexity index is 1410. The number of para-hydroxylation sites is 2. The van der Waals surface area contributed by atoms with Crippen LogP contribution in [0.2, 0.25) is 0 Å². The highest BCUT2D eigenvalue weighted by atomic mass is 79.9. The van der Waals surface area contributed by atoms with Crippen LogP contribution in [0.25, 0.3) is 0 Å². The van der Waals surface area contributed by atoms with Gasteiger partial charge >= 0.3 is 0 Å². The number of ether oxygens (including phenoxy) is 1. The third-order valence-corrected chi connectivity index (χ3v) is 6.23. The first kappa shape index (κ1) is 26.1. The Labute approximate surface area is 223 Å². The third-order valence-electron chi connectivity index (χ3n) is 4.79. The van der Waals surface area contributed by atoms with Gasteiger partial charge in [-0.2, -0.15) is 5.10 Å². The Morgan fingerprint density at radius 1 is 1.11 bits per heavy atom. The number of nitrogens with one attached hydrogen (secondary N) is 2. The molecule has 0 bridgehead atoms. The van der Waals surface area contributed by atoms with Crippen LogP contribution in [0.5, 0.6) is 5.75 Å². The highest BCUT2D eigenvalue weighted by molar-refractivity contribution is 9.10. The first-order valence-corrected chi connectivity index (χ1v) is 12.5. The molecule has 0 atom stereocenters. The average molecular weight is 588 g/mol. The number of aromatic nitrogens is 3. The second kappa shape index (κ2) is 12.3. The molecule has 0 saturated heterocycles. The lowest BCUT2D eigenvalue weighted by Crippen LogP contribution is -2.18. The van der Waals surface area contributed by atoms with Gasteiger partial charge < -0.3 is 15.9 Å². The van der Waals surface area contributed by atoms with E-state index in [4.69, 9.17) is 10.6 Å². The molecule has 0 spiro atoms. The van der Waals surface area contributed by atoms with Crippen LogP contribution in [0.1, 0.15) is 11.1 Å². The molecule has 13 heteroatoms. The van der Waals surface area contributed by atoms with E-state index < -0.39 is 23.2 Å². The molecule has 1 amide bonds. The molecule has 0 fully saturated rings. The Morgan fingerprint density at radius 3 is 2.65 bits per heavy atom. The summed E-state index contributed by atoms with van der Waals surface area (Å²) in [7, 11) is 0. The maximum Gasteiger partial charge on any atom is 0.264 e. The standard InChI is InChI=1S/C24H20BrF2N7O2S/c25-17-7-3-5-15(11-17)13-36-20-10-2-1-6-16(20)12-29-31-23-32-33-24(34(23)28)37-14-21(35)30-22-18(26)8-4-9-19(22)27/h1-12H,13-14,28H2,(H,30,35)(H,31,32)/b29-12+. The Kier molecular flexibility index (Phi) is 8.69. The van der Waals surface area contributed by atoms with Gasteiger partial charge in [0.2, 0.25) is 11.1 Å². The van der Waals surface area contributed by atoms with Crippen molar-refractivity contribution in [2.24, 2.45) is 5.10 Å². The molecule has 4 N–H and O–H groups in total. The number of hydrogen-bond acceptors (Lipinski definition) is 8. The van der Waals surface area contributed by atoms with Gasteiger partial charge in [-0.25, -0.2) is 18.9 Å². The summed E-state index contributed by atoms with van der Waals surface area (Å²) in [6.07, 6.45) is 1.55. The summed E-state index contributed by atoms with van der Waals surface area (Å²) in [5, 5.41) is 14.3. The fourth-order valence-electron chi connectivity index (χ4n) is 3.04. The number of carbonyl (C=O) groups excluding carboxylic acids is 1. The van der Waals surface area contributed by atoms with Gasteiger partial charge in [0.15, 0.2) is 0 Å². The molecular formula is C24H20BrF2N7O2S. The van der Waals surface area contributed by atoms with Crippen molar-refractivity contribution in [2.75, 3.05) is 22.3 Å². The Morgan fingerprint density at radius 2 is 1.86 bits per heavy atom. The average Bonchev–Trinajstić information content (AvgIpc) is 3.23. The van der Waals surface area contributed by atoms with Gasteiger partial charge in [0.1, 0.15) is 29.7 Å². The molecule has 4 aromatic rings. The third kappa shape index (κ3) is 7.05. The summed E-state index contributed by atoms with van der Waals surface area (Å²) >= 11 is 4.38. The zero-order chi connectivity index (χ0) is 26.2. The lowest BCUT2D eigenvalue weighted by atomic mass is 10.2. The van der Waals surface area contributed by atoms with Gasteiger partial charge in [0, 0.05) is 10.0 Å². The van der Waals surface area contributed by atoms with E-state index >= 15 is 0 Å². The number of anilines is 2. The first-order chi connectivity index (χ1) is 17.9. The minimum atomic E-state index is -0.871. The van der Waals surface area contributed by atoms with Crippen LogP contribution in [-0.4, -0.2) is 32.7 Å². The van der Waals surface area contributed by atoms with Gasteiger partial charge in [-0.1, -0.05) is 58.0 Å². The molecule has 190 valence electrons. The first-order valence-electron chi connectivity index (χ1n) is 10.7. The van der Waals surface area contributed by atoms with Crippen LogP contribution < -0.4 is 21.3 Å². The second-order valence-corrected chi connectivity index (χ2v) is 9.29. The lowest BCUT2D eigenvalue weighted by Gasteiger charge is -2.09. The molecule has 0 unspecified atom stereocenters. The van der Waals surface area contributed by atoms with Gasteiger partial charge in [-0.15, -0.1) is 10.2 Å². The summed E-state index contributed by atoms with van der Waals surface area (Å²) < 4.78 is 35.4. The van der Waals surface area contributed by atoms with E-state index in [1.807, 2.05) is 48.5 Å². The van der Waals surface area contributed by atoms with E-state index in [-0.39, 0.29) is 16.9 Å². The molecule has 1 heterocycles. The predicted molar refractivity (Wildman–Crippen MR) is 142 cm³/mol. The lowest BCUT2D eigenvalue weighted by molar-refractivity contribution is -0.113. The molecule has 37 heavy (non-hydrogen) atoms. The molecule has 3 aromatic carbocycles. The van der Waals surface area contributed by atoms with Crippen LogP contribution >= 0.6 is 27.7 Å². The molecule has 1 aromatic heterocycles. The Balaban J connectivity index is 1.33. The molecule has 9 nitrogen and oxygen atoms in total. The number of thioether (sulfide) groups is 1. The fraction of sp³-hybridized carbons (Fsp3) is 0.0833. The number of rotatable bonds is 10. The van der Waals surface area contributed by atoms with Crippen molar-refractivity contribution in [1.82, 2.24) is 14.9 Å². The number of benzene rings is 3. The van der Waals surface area contributed by atoms with Gasteiger partial charge in [0.05, 0.1) is 12.0 Å². The molecule has 0 aliphatic heterocycles. The van der Waals surface area contributed by atoms with Crippen LogP contribution in [-0.2, 0) is 11.4 Å². The molecular weight excluding hydrogens is 568 g/mol. The molecule has 0 radical (unpaired) electrons. The number of nitrogens with two attached hydrogens (primary N) is 1. The van der Waals surface area contributed by atoms with Crippen molar-refractivity contribution in [3.8, 4) is 5.75 Å². The zero-order valence-corrected chi connectivity index (χ0v) is 21.5. The minimum absolute atomic E-state index is 0.117. The molecule has 0 aliphatic rings. The highest BCUT2D eigenvalue weighted by Crippen LogP contribution is 2.21. The topological polar surface area (TPSA) is 119 Å². The number of hydrazone groups is 1. The highest BCUT2D eigenvalue weighted by Gasteiger charge is 2.15. The summed E-state index contributed by atoms with van der Waals surface area (Å²) in [5.74, 6) is 4.16. The van der Waals surface area contributed by atoms with Crippen LogP contribution in [0.3, 0.4) is 0 Å². The van der Waals surface area contributed by atoms with E-state index in [0.29, 0.717) is 12.4 Å². The van der Waals surface area contributed by atoms with Crippen molar-refractivity contribution in [3.05, 3.63) is 94.0 Å². The molecule has 4 rings (SSSR count). The summed E-state index contributed by atoms with van der Waals surface area (Å²) in [6, 6.07) is 18.5. The van der Waals surface area contributed by atoms with Crippen LogP contribution in [0, 0.1) is 11.6 Å². The zero-order valence-electron chi connectivity index (χ0n) is 19.1. The summed E-state index contributed by atoms with van der Waals surface area (Å²) in [6.45, 7) is 0.382. The number of amides is 1. The smallest absolute Gasteiger partial charge is 0.264 e. The number of halogens is 3. The largest absolute Gasteiger partial charge is 0.488 e. The summed E-state index contributed by atoms with van der Waals surface area (Å²) in [5.41, 5.74) is 3.91. The number of hydrogen-bond donors (Lipinski definition) is 3. The fourth-order valence-corrected chi connectivity index (χ4v) is 4.14. The van der Waals surface area contributed by atoms with Gasteiger partial charge in [-0.3, -0.25) is 4.79 Å². The van der Waals surface area contributed by atoms with Gasteiger partial charge in [-0.05, 0) is 42.0 Å². The van der Waals surface area contributed by atoms with Crippen molar-refractivity contribution >= 4 is 51.4 Å². The van der Waals surface area contributed by atoms with Crippen molar-refractivity contribution < 1.29 is 18.3 Å². The van der Waals surface area contributed by atoms with Crippen LogP contribution in [0.15, 0.2) is 81.5 Å². The van der Waals surface area contributed by atoms with Crippen LogP contribution in [0.4, 0.5) is 20.4 Å². The molecule has 0 aliphatic carbocycles. The maximum absolute atomic E-state index is 13.7. The van der Waals surface area contributed by atoms with E-state index in [2.05, 4.69) is 42.0 Å². The monoisotopic (exact) mass is 587 g/mol. The van der Waals surface area contributed by atoms with Crippen molar-refractivity contribution in [2.45, 2.75) is 11.8 Å². The normalized spacial score (nSPS) is 11.0. The van der Waals surface area contributed by atoms with Crippen molar-refractivity contribution in [3.63, 3.8) is 0 Å².